The molecule has 1 aliphatic rings. The minimum absolute atomic E-state index is 0.0640. The SMILES string of the molecule is CCc1cc(N2CCCC(NC(=O)c3cc(OC)c(OC)c(OC)c3)C2)n2nc(SCc3ccc(Cl)cc3)nc2n1. The summed E-state index contributed by atoms with van der Waals surface area (Å²) in [5.41, 5.74) is 2.52. The van der Waals surface area contributed by atoms with Crippen molar-refractivity contribution in [2.75, 3.05) is 39.3 Å². The highest BCUT2D eigenvalue weighted by Gasteiger charge is 2.26. The second-order valence-corrected chi connectivity index (χ2v) is 11.0. The molecule has 1 atom stereocenters. The van der Waals surface area contributed by atoms with Gasteiger partial charge >= 0.3 is 0 Å². The van der Waals surface area contributed by atoms with E-state index in [9.17, 15) is 4.79 Å². The highest BCUT2D eigenvalue weighted by Crippen LogP contribution is 2.38. The number of aromatic nitrogens is 4. The summed E-state index contributed by atoms with van der Waals surface area (Å²) in [6.45, 7) is 3.54. The number of anilines is 1. The number of halogens is 1. The van der Waals surface area contributed by atoms with Gasteiger partial charge in [-0.25, -0.2) is 4.98 Å². The van der Waals surface area contributed by atoms with E-state index < -0.39 is 0 Å². The van der Waals surface area contributed by atoms with Crippen molar-refractivity contribution in [3.63, 3.8) is 0 Å². The predicted molar refractivity (Wildman–Crippen MR) is 160 cm³/mol. The molecule has 1 fully saturated rings. The number of nitrogens with zero attached hydrogens (tertiary/aromatic N) is 5. The average molecular weight is 597 g/mol. The number of hydrogen-bond donors (Lipinski definition) is 1. The third-order valence-electron chi connectivity index (χ3n) is 6.98. The van der Waals surface area contributed by atoms with Gasteiger partial charge in [0.2, 0.25) is 10.9 Å². The van der Waals surface area contributed by atoms with Crippen LogP contribution >= 0.6 is 23.4 Å². The van der Waals surface area contributed by atoms with Gasteiger partial charge in [-0.2, -0.15) is 9.50 Å². The first-order valence-electron chi connectivity index (χ1n) is 13.4. The number of aryl methyl sites for hydroxylation is 1. The summed E-state index contributed by atoms with van der Waals surface area (Å²) in [4.78, 5) is 25.0. The molecule has 3 heterocycles. The largest absolute Gasteiger partial charge is 0.493 e. The molecule has 0 aliphatic carbocycles. The number of carbonyl (C=O) groups is 1. The molecule has 1 aliphatic heterocycles. The molecule has 0 bridgehead atoms. The van der Waals surface area contributed by atoms with Crippen LogP contribution in [-0.4, -0.2) is 65.9 Å². The van der Waals surface area contributed by atoms with Crippen LogP contribution in [0.25, 0.3) is 5.78 Å². The van der Waals surface area contributed by atoms with Gasteiger partial charge in [-0.3, -0.25) is 4.79 Å². The van der Waals surface area contributed by atoms with Crippen molar-refractivity contribution in [2.24, 2.45) is 0 Å². The lowest BCUT2D eigenvalue weighted by molar-refractivity contribution is 0.0932. The Bertz CT molecular complexity index is 1510. The number of hydrogen-bond acceptors (Lipinski definition) is 9. The molecule has 216 valence electrons. The van der Waals surface area contributed by atoms with E-state index in [0.29, 0.717) is 45.3 Å². The van der Waals surface area contributed by atoms with Crippen molar-refractivity contribution in [3.05, 3.63) is 64.3 Å². The molecule has 4 aromatic rings. The van der Waals surface area contributed by atoms with Crippen molar-refractivity contribution in [2.45, 2.75) is 43.1 Å². The van der Waals surface area contributed by atoms with E-state index in [1.54, 1.807) is 23.9 Å². The van der Waals surface area contributed by atoms with Gasteiger partial charge in [0, 0.05) is 47.2 Å². The lowest BCUT2D eigenvalue weighted by Crippen LogP contribution is -2.48. The Morgan fingerprint density at radius 2 is 1.80 bits per heavy atom. The van der Waals surface area contributed by atoms with E-state index in [-0.39, 0.29) is 11.9 Å². The molecule has 1 saturated heterocycles. The lowest BCUT2D eigenvalue weighted by Gasteiger charge is -2.34. The summed E-state index contributed by atoms with van der Waals surface area (Å²) in [5, 5.41) is 9.36. The predicted octanol–water partition coefficient (Wildman–Crippen LogP) is 5.06. The Labute approximate surface area is 248 Å². The average Bonchev–Trinajstić information content (AvgIpc) is 3.42. The highest BCUT2D eigenvalue weighted by molar-refractivity contribution is 7.98. The monoisotopic (exact) mass is 596 g/mol. The van der Waals surface area contributed by atoms with Crippen LogP contribution in [0, 0.1) is 0 Å². The molecule has 1 amide bonds. The molecule has 1 N–H and O–H groups in total. The Morgan fingerprint density at radius 1 is 1.07 bits per heavy atom. The number of amides is 1. The Kier molecular flexibility index (Phi) is 9.04. The van der Waals surface area contributed by atoms with E-state index in [1.165, 1.54) is 21.3 Å². The molecule has 41 heavy (non-hydrogen) atoms. The van der Waals surface area contributed by atoms with Gasteiger partial charge in [0.05, 0.1) is 21.3 Å². The molecule has 1 unspecified atom stereocenters. The quantitative estimate of drug-likeness (QED) is 0.252. The van der Waals surface area contributed by atoms with Crippen molar-refractivity contribution in [1.29, 1.82) is 0 Å². The summed E-state index contributed by atoms with van der Waals surface area (Å²) in [6.07, 6.45) is 2.55. The van der Waals surface area contributed by atoms with E-state index >= 15 is 0 Å². The van der Waals surface area contributed by atoms with Crippen LogP contribution in [-0.2, 0) is 12.2 Å². The number of ether oxygens (including phenoxy) is 3. The van der Waals surface area contributed by atoms with Gasteiger partial charge in [0.15, 0.2) is 11.5 Å². The van der Waals surface area contributed by atoms with E-state index in [2.05, 4.69) is 23.2 Å². The third kappa shape index (κ3) is 6.46. The number of thioether (sulfide) groups is 1. The minimum Gasteiger partial charge on any atom is -0.493 e. The number of rotatable bonds is 10. The number of benzene rings is 2. The van der Waals surface area contributed by atoms with Crippen molar-refractivity contribution in [3.8, 4) is 17.2 Å². The molecular weight excluding hydrogens is 564 g/mol. The summed E-state index contributed by atoms with van der Waals surface area (Å²) < 4.78 is 18.1. The van der Waals surface area contributed by atoms with Crippen molar-refractivity contribution in [1.82, 2.24) is 24.9 Å². The van der Waals surface area contributed by atoms with E-state index in [4.69, 9.17) is 40.9 Å². The smallest absolute Gasteiger partial charge is 0.255 e. The van der Waals surface area contributed by atoms with Crippen LogP contribution in [0.1, 0.15) is 41.4 Å². The number of fused-ring (bicyclic) bond motifs is 1. The Balaban J connectivity index is 1.34. The van der Waals surface area contributed by atoms with Gasteiger partial charge in [-0.15, -0.1) is 5.10 Å². The third-order valence-corrected chi connectivity index (χ3v) is 8.14. The van der Waals surface area contributed by atoms with Crippen LogP contribution < -0.4 is 24.4 Å². The second kappa shape index (κ2) is 12.9. The molecule has 2 aromatic carbocycles. The Hall–Kier alpha value is -3.70. The number of carbonyl (C=O) groups excluding carboxylic acids is 1. The minimum atomic E-state index is -0.202. The zero-order valence-corrected chi connectivity index (χ0v) is 25.1. The maximum absolute atomic E-state index is 13.3. The summed E-state index contributed by atoms with van der Waals surface area (Å²) in [5.74, 6) is 3.33. The lowest BCUT2D eigenvalue weighted by atomic mass is 10.0. The molecule has 10 nitrogen and oxygen atoms in total. The van der Waals surface area contributed by atoms with Crippen molar-refractivity contribution >= 4 is 40.9 Å². The van der Waals surface area contributed by atoms with Gasteiger partial charge in [-0.1, -0.05) is 42.4 Å². The first kappa shape index (κ1) is 28.8. The van der Waals surface area contributed by atoms with Crippen LogP contribution in [0.15, 0.2) is 47.6 Å². The molecular formula is C29H33ClN6O4S. The maximum atomic E-state index is 13.3. The zero-order valence-electron chi connectivity index (χ0n) is 23.5. The number of piperidine rings is 1. The molecule has 0 spiro atoms. The molecule has 5 rings (SSSR count). The van der Waals surface area contributed by atoms with Crippen molar-refractivity contribution < 1.29 is 19.0 Å². The fourth-order valence-electron chi connectivity index (χ4n) is 4.86. The van der Waals surface area contributed by atoms with E-state index in [1.807, 2.05) is 28.8 Å². The topological polar surface area (TPSA) is 103 Å². The fourth-order valence-corrected chi connectivity index (χ4v) is 5.76. The van der Waals surface area contributed by atoms with Gasteiger partial charge in [-0.05, 0) is 49.1 Å². The van der Waals surface area contributed by atoms with E-state index in [0.717, 1.165) is 48.6 Å². The zero-order chi connectivity index (χ0) is 28.9. The Morgan fingerprint density at radius 3 is 2.46 bits per heavy atom. The summed E-state index contributed by atoms with van der Waals surface area (Å²) in [7, 11) is 4.60. The molecule has 12 heteroatoms. The number of nitrogens with one attached hydrogen (secondary N) is 1. The van der Waals surface area contributed by atoms with Crippen LogP contribution in [0.5, 0.6) is 17.2 Å². The molecule has 0 saturated carbocycles. The standard InChI is InChI=1S/C29H33ClN6O4S/c1-5-21-15-25(36-28(32-21)33-29(34-36)41-17-18-8-10-20(30)11-9-18)35-12-6-7-22(16-35)31-27(37)19-13-23(38-2)26(40-4)24(14-19)39-3/h8-11,13-15,22H,5-7,12,16-17H2,1-4H3,(H,31,37). The van der Waals surface area contributed by atoms with Gasteiger partial charge in [0.25, 0.3) is 11.7 Å². The van der Waals surface area contributed by atoms with Gasteiger partial charge in [0.1, 0.15) is 5.82 Å². The molecule has 0 radical (unpaired) electrons. The summed E-state index contributed by atoms with van der Waals surface area (Å²) in [6, 6.07) is 13.1. The highest BCUT2D eigenvalue weighted by atomic mass is 35.5. The number of methoxy groups -OCH3 is 3. The first-order valence-corrected chi connectivity index (χ1v) is 14.8. The van der Waals surface area contributed by atoms with Crippen LogP contribution in [0.2, 0.25) is 5.02 Å². The maximum Gasteiger partial charge on any atom is 0.255 e. The second-order valence-electron chi connectivity index (χ2n) is 9.65. The fraction of sp³-hybridized carbons (Fsp3) is 0.379. The molecule has 2 aromatic heterocycles. The van der Waals surface area contributed by atoms with Gasteiger partial charge < -0.3 is 24.4 Å². The normalized spacial score (nSPS) is 15.1. The summed E-state index contributed by atoms with van der Waals surface area (Å²) >= 11 is 7.58. The first-order chi connectivity index (χ1) is 19.9. The van der Waals surface area contributed by atoms with Crippen LogP contribution in [0.3, 0.4) is 0 Å². The van der Waals surface area contributed by atoms with Crippen LogP contribution in [0.4, 0.5) is 5.82 Å².